The van der Waals surface area contributed by atoms with Crippen molar-refractivity contribution in [2.24, 2.45) is 0 Å². The van der Waals surface area contributed by atoms with Gasteiger partial charge in [0.15, 0.2) is 5.03 Å². The Balaban J connectivity index is 1.75. The molecule has 30 heavy (non-hydrogen) atoms. The Hall–Kier alpha value is -3.71. The third-order valence-corrected chi connectivity index (χ3v) is 5.48. The topological polar surface area (TPSA) is 81.0 Å². The van der Waals surface area contributed by atoms with Crippen LogP contribution in [0.2, 0.25) is 0 Å². The largest absolute Gasteiger partial charge is 0.353 e. The van der Waals surface area contributed by atoms with Crippen LogP contribution < -0.4 is 5.32 Å². The molecule has 0 spiro atoms. The van der Waals surface area contributed by atoms with Crippen LogP contribution in [0.25, 0.3) is 0 Å². The smallest absolute Gasteiger partial charge is 0.343 e. The molecule has 1 N–H and O–H groups in total. The Bertz CT molecular complexity index is 1090. The van der Waals surface area contributed by atoms with Crippen molar-refractivity contribution in [3.05, 3.63) is 119 Å². The molecule has 3 aromatic carbocycles. The summed E-state index contributed by atoms with van der Waals surface area (Å²) in [4.78, 5) is 20.8. The molecule has 0 atom stereocenters. The first-order valence-electron chi connectivity index (χ1n) is 9.31. The maximum absolute atomic E-state index is 12.0. The molecule has 6 nitrogen and oxygen atoms in total. The monoisotopic (exact) mass is 414 g/mol. The maximum Gasteiger partial charge on any atom is 0.343 e. The van der Waals surface area contributed by atoms with Gasteiger partial charge in [0.1, 0.15) is 6.33 Å². The van der Waals surface area contributed by atoms with Crippen molar-refractivity contribution in [1.82, 2.24) is 9.97 Å². The maximum atomic E-state index is 12.0. The molecule has 0 radical (unpaired) electrons. The summed E-state index contributed by atoms with van der Waals surface area (Å²) in [6, 6.07) is 28.7. The van der Waals surface area contributed by atoms with Crippen LogP contribution in [0, 0.1) is 10.1 Å². The summed E-state index contributed by atoms with van der Waals surface area (Å²) in [7, 11) is 0. The van der Waals surface area contributed by atoms with Crippen LogP contribution in [0.3, 0.4) is 0 Å². The molecule has 0 aliphatic rings. The van der Waals surface area contributed by atoms with Gasteiger partial charge in [-0.1, -0.05) is 90.6 Å². The molecular formula is C23H18N4O2S. The second-order valence-corrected chi connectivity index (χ2v) is 7.51. The van der Waals surface area contributed by atoms with Gasteiger partial charge in [-0.05, 0) is 23.3 Å². The van der Waals surface area contributed by atoms with E-state index in [1.54, 1.807) is 0 Å². The molecule has 0 saturated heterocycles. The fraction of sp³-hybridized carbons (Fsp3) is 0.0435. The average molecular weight is 414 g/mol. The van der Waals surface area contributed by atoms with Gasteiger partial charge in [0.05, 0.1) is 11.0 Å². The van der Waals surface area contributed by atoms with E-state index in [4.69, 9.17) is 0 Å². The highest BCUT2D eigenvalue weighted by Gasteiger charge is 2.26. The average Bonchev–Trinajstić information content (AvgIpc) is 2.79. The first-order chi connectivity index (χ1) is 14.7. The number of aromatic nitrogens is 2. The van der Waals surface area contributed by atoms with E-state index in [9.17, 15) is 10.1 Å². The summed E-state index contributed by atoms with van der Waals surface area (Å²) in [6.07, 6.45) is 1.35. The van der Waals surface area contributed by atoms with Crippen molar-refractivity contribution in [1.29, 1.82) is 0 Å². The molecule has 7 heteroatoms. The van der Waals surface area contributed by atoms with E-state index in [1.165, 1.54) is 18.1 Å². The number of hydrogen-bond acceptors (Lipinski definition) is 6. The molecule has 1 aromatic heterocycles. The number of nitro groups is 1. The molecule has 148 valence electrons. The van der Waals surface area contributed by atoms with Crippen LogP contribution in [-0.2, 0) is 0 Å². The third-order valence-electron chi connectivity index (χ3n) is 4.48. The van der Waals surface area contributed by atoms with Crippen LogP contribution in [0.1, 0.15) is 17.2 Å². The molecule has 0 unspecified atom stereocenters. The predicted molar refractivity (Wildman–Crippen MR) is 118 cm³/mol. The summed E-state index contributed by atoms with van der Waals surface area (Å²) in [5, 5.41) is 15.5. The molecule has 0 aliphatic heterocycles. The second-order valence-electron chi connectivity index (χ2n) is 6.45. The zero-order chi connectivity index (χ0) is 20.8. The quantitative estimate of drug-likeness (QED) is 0.236. The number of hydrogen-bond donors (Lipinski definition) is 1. The molecule has 0 amide bonds. The van der Waals surface area contributed by atoms with Crippen LogP contribution in [-0.4, -0.2) is 14.9 Å². The second kappa shape index (κ2) is 9.19. The molecular weight excluding hydrogens is 396 g/mol. The summed E-state index contributed by atoms with van der Waals surface area (Å²) in [6.45, 7) is 0. The van der Waals surface area contributed by atoms with E-state index < -0.39 is 4.92 Å². The van der Waals surface area contributed by atoms with Crippen LogP contribution in [0.4, 0.5) is 11.5 Å². The zero-order valence-electron chi connectivity index (χ0n) is 15.9. The number of benzene rings is 3. The molecule has 1 heterocycles. The van der Waals surface area contributed by atoms with E-state index in [0.29, 0.717) is 5.03 Å². The summed E-state index contributed by atoms with van der Waals surface area (Å²) < 4.78 is 0. The highest BCUT2D eigenvalue weighted by molar-refractivity contribution is 7.99. The van der Waals surface area contributed by atoms with Crippen LogP contribution in [0.15, 0.2) is 107 Å². The number of nitrogens with one attached hydrogen (secondary N) is 1. The van der Waals surface area contributed by atoms with Gasteiger partial charge in [-0.25, -0.2) is 9.97 Å². The fourth-order valence-electron chi connectivity index (χ4n) is 3.09. The fourth-order valence-corrected chi connectivity index (χ4v) is 3.98. The van der Waals surface area contributed by atoms with Crippen molar-refractivity contribution in [3.8, 4) is 0 Å². The Morgan fingerprint density at radius 1 is 0.800 bits per heavy atom. The van der Waals surface area contributed by atoms with Gasteiger partial charge in [0.25, 0.3) is 0 Å². The van der Waals surface area contributed by atoms with Crippen molar-refractivity contribution >= 4 is 23.3 Å². The van der Waals surface area contributed by atoms with Gasteiger partial charge < -0.3 is 5.32 Å². The highest BCUT2D eigenvalue weighted by Crippen LogP contribution is 2.38. The first-order valence-corrected chi connectivity index (χ1v) is 10.1. The molecule has 0 saturated carbocycles. The molecule has 0 bridgehead atoms. The number of nitrogens with zero attached hydrogens (tertiary/aromatic N) is 3. The van der Waals surface area contributed by atoms with E-state index in [1.807, 2.05) is 91.0 Å². The van der Waals surface area contributed by atoms with Gasteiger partial charge >= 0.3 is 5.69 Å². The van der Waals surface area contributed by atoms with Crippen molar-refractivity contribution in [2.45, 2.75) is 16.0 Å². The molecule has 0 aliphatic carbocycles. The predicted octanol–water partition coefficient (Wildman–Crippen LogP) is 5.74. The first kappa shape index (κ1) is 19.6. The minimum Gasteiger partial charge on any atom is -0.353 e. The number of anilines is 1. The Morgan fingerprint density at radius 3 is 1.87 bits per heavy atom. The molecule has 4 rings (SSSR count). The molecule has 0 fully saturated rings. The minimum absolute atomic E-state index is 0.136. The van der Waals surface area contributed by atoms with E-state index in [0.717, 1.165) is 16.0 Å². The van der Waals surface area contributed by atoms with Gasteiger partial charge in [0, 0.05) is 4.90 Å². The lowest BCUT2D eigenvalue weighted by Gasteiger charge is -2.20. The SMILES string of the molecule is O=[N+]([O-])c1c(NC(c2ccccc2)c2ccccc2)ncnc1Sc1ccccc1. The summed E-state index contributed by atoms with van der Waals surface area (Å²) >= 11 is 1.24. The van der Waals surface area contributed by atoms with Crippen molar-refractivity contribution in [3.63, 3.8) is 0 Å². The standard InChI is InChI=1S/C23H18N4O2S/c28-27(29)21-22(24-16-25-23(21)30-19-14-8-3-9-15-19)26-20(17-10-4-1-5-11-17)18-12-6-2-7-13-18/h1-16,20H,(H,24,25,26). The van der Waals surface area contributed by atoms with Crippen LogP contribution >= 0.6 is 11.8 Å². The lowest BCUT2D eigenvalue weighted by molar-refractivity contribution is -0.387. The third kappa shape index (κ3) is 4.47. The Labute approximate surface area is 178 Å². The normalized spacial score (nSPS) is 10.7. The Morgan fingerprint density at radius 2 is 1.33 bits per heavy atom. The van der Waals surface area contributed by atoms with E-state index in [-0.39, 0.29) is 17.5 Å². The van der Waals surface area contributed by atoms with Gasteiger partial charge in [-0.3, -0.25) is 10.1 Å². The Kier molecular flexibility index (Phi) is 6.01. The van der Waals surface area contributed by atoms with Gasteiger partial charge in [-0.2, -0.15) is 0 Å². The summed E-state index contributed by atoms with van der Waals surface area (Å²) in [5.41, 5.74) is 1.82. The van der Waals surface area contributed by atoms with Crippen molar-refractivity contribution < 1.29 is 4.92 Å². The number of rotatable bonds is 7. The van der Waals surface area contributed by atoms with E-state index in [2.05, 4.69) is 15.3 Å². The van der Waals surface area contributed by atoms with Crippen LogP contribution in [0.5, 0.6) is 0 Å². The lowest BCUT2D eigenvalue weighted by atomic mass is 9.99. The summed E-state index contributed by atoms with van der Waals surface area (Å²) in [5.74, 6) is 0.186. The van der Waals surface area contributed by atoms with E-state index >= 15 is 0 Å². The zero-order valence-corrected chi connectivity index (χ0v) is 16.7. The molecule has 4 aromatic rings. The van der Waals surface area contributed by atoms with Crippen molar-refractivity contribution in [2.75, 3.05) is 5.32 Å². The minimum atomic E-state index is -0.430. The lowest BCUT2D eigenvalue weighted by Crippen LogP contribution is -2.15. The highest BCUT2D eigenvalue weighted by atomic mass is 32.2. The van der Waals surface area contributed by atoms with Gasteiger partial charge in [0.2, 0.25) is 5.82 Å². The van der Waals surface area contributed by atoms with Gasteiger partial charge in [-0.15, -0.1) is 0 Å².